The Morgan fingerprint density at radius 3 is 0.512 bits per heavy atom. The molecule has 0 radical (unpaired) electrons. The van der Waals surface area contributed by atoms with Crippen LogP contribution in [-0.4, -0.2) is 0 Å². The fourth-order valence-corrected chi connectivity index (χ4v) is 7.26. The highest BCUT2D eigenvalue weighted by Gasteiger charge is 2.09. The zero-order valence-corrected chi connectivity index (χ0v) is 31.2. The summed E-state index contributed by atoms with van der Waals surface area (Å²) in [4.78, 5) is 0. The van der Waals surface area contributed by atoms with Gasteiger partial charge in [-0.3, -0.25) is 0 Å². The van der Waals surface area contributed by atoms with Crippen LogP contribution in [0.2, 0.25) is 0 Å². The zero-order chi connectivity index (χ0) is 31.2. The molecular weight excluding hydrogens is 516 g/mol. The molecule has 0 heterocycles. The van der Waals surface area contributed by atoms with E-state index in [1.54, 1.807) is 0 Å². The van der Waals surface area contributed by atoms with Gasteiger partial charge < -0.3 is 0 Å². The van der Waals surface area contributed by atoms with Crippen LogP contribution in [0.5, 0.6) is 0 Å². The molecule has 0 heteroatoms. The summed E-state index contributed by atoms with van der Waals surface area (Å²) in [5.41, 5.74) is 0. The summed E-state index contributed by atoms with van der Waals surface area (Å²) in [6.45, 7) is 6.98. The zero-order valence-electron chi connectivity index (χ0n) is 31.2. The molecule has 43 heavy (non-hydrogen) atoms. The smallest absolute Gasteiger partial charge is 0.0414 e. The van der Waals surface area contributed by atoms with Gasteiger partial charge in [0.2, 0.25) is 0 Å². The first kappa shape index (κ1) is 43.0. The van der Waals surface area contributed by atoms with Gasteiger partial charge in [-0.05, 0) is 5.92 Å². The van der Waals surface area contributed by atoms with E-state index in [2.05, 4.69) is 20.8 Å². The predicted molar refractivity (Wildman–Crippen MR) is 201 cm³/mol. The molecular formula is C43H88. The number of hydrogen-bond acceptors (Lipinski definition) is 0. The molecule has 260 valence electrons. The lowest BCUT2D eigenvalue weighted by molar-refractivity contribution is 0.366. The summed E-state index contributed by atoms with van der Waals surface area (Å²) in [5.74, 6) is 1.04. The van der Waals surface area contributed by atoms with E-state index in [1.165, 1.54) is 250 Å². The summed E-state index contributed by atoms with van der Waals surface area (Å²) in [7, 11) is 0. The predicted octanol–water partition coefficient (Wildman–Crippen LogP) is 16.9. The summed E-state index contributed by atoms with van der Waals surface area (Å²) in [5, 5.41) is 0. The van der Waals surface area contributed by atoms with Crippen LogP contribution in [0, 0.1) is 5.92 Å². The Labute approximate surface area is 276 Å². The van der Waals surface area contributed by atoms with Crippen LogP contribution in [0.4, 0.5) is 0 Å². The van der Waals surface area contributed by atoms with Gasteiger partial charge in [-0.1, -0.05) is 271 Å². The molecule has 0 amide bonds. The highest BCUT2D eigenvalue weighted by Crippen LogP contribution is 2.25. The first-order valence-corrected chi connectivity index (χ1v) is 21.3. The standard InChI is InChI=1S/C43H88/c1-4-7-10-13-15-17-19-21-22-23-24-25-26-28-30-32-34-36-39-42-43(40-37-12-9-6-3)41-38-35-33-31-29-27-20-18-16-14-11-8-5-2/h43H,4-42H2,1-3H3. The maximum atomic E-state index is 2.35. The lowest BCUT2D eigenvalue weighted by Gasteiger charge is -2.17. The van der Waals surface area contributed by atoms with Crippen LogP contribution in [0.1, 0.15) is 271 Å². The lowest BCUT2D eigenvalue weighted by Crippen LogP contribution is -2.01. The monoisotopic (exact) mass is 605 g/mol. The quantitative estimate of drug-likeness (QED) is 0.0612. The number of rotatable bonds is 39. The van der Waals surface area contributed by atoms with Crippen molar-refractivity contribution in [3.63, 3.8) is 0 Å². The maximum Gasteiger partial charge on any atom is -0.0414 e. The van der Waals surface area contributed by atoms with E-state index in [1.807, 2.05) is 0 Å². The summed E-state index contributed by atoms with van der Waals surface area (Å²) >= 11 is 0. The molecule has 0 saturated heterocycles. The third kappa shape index (κ3) is 38.1. The molecule has 0 bridgehead atoms. The van der Waals surface area contributed by atoms with Gasteiger partial charge in [0.05, 0.1) is 0 Å². The Morgan fingerprint density at radius 1 is 0.186 bits per heavy atom. The fourth-order valence-electron chi connectivity index (χ4n) is 7.26. The van der Waals surface area contributed by atoms with Crippen molar-refractivity contribution in [3.05, 3.63) is 0 Å². The molecule has 0 saturated carbocycles. The van der Waals surface area contributed by atoms with Gasteiger partial charge in [-0.2, -0.15) is 0 Å². The van der Waals surface area contributed by atoms with Crippen molar-refractivity contribution in [2.75, 3.05) is 0 Å². The average molecular weight is 605 g/mol. The van der Waals surface area contributed by atoms with Crippen LogP contribution >= 0.6 is 0 Å². The maximum absolute atomic E-state index is 2.35. The van der Waals surface area contributed by atoms with E-state index in [9.17, 15) is 0 Å². The molecule has 0 aromatic carbocycles. The topological polar surface area (TPSA) is 0 Å². The van der Waals surface area contributed by atoms with Gasteiger partial charge in [-0.15, -0.1) is 0 Å². The lowest BCUT2D eigenvalue weighted by atomic mass is 9.89. The molecule has 0 aliphatic carbocycles. The minimum absolute atomic E-state index is 1.04. The normalized spacial score (nSPS) is 12.3. The SMILES string of the molecule is CCCCCCCCCCCCCCCCCCCCCC(CCCCCC)CCCCCCCCCCCCCCC. The van der Waals surface area contributed by atoms with E-state index in [0.29, 0.717) is 0 Å². The molecule has 0 aliphatic rings. The molecule has 0 rings (SSSR count). The van der Waals surface area contributed by atoms with E-state index >= 15 is 0 Å². The Balaban J connectivity index is 3.57. The molecule has 0 nitrogen and oxygen atoms in total. The van der Waals surface area contributed by atoms with E-state index in [4.69, 9.17) is 0 Å². The third-order valence-electron chi connectivity index (χ3n) is 10.4. The minimum Gasteiger partial charge on any atom is -0.0654 e. The number of unbranched alkanes of at least 4 members (excludes halogenated alkanes) is 33. The first-order chi connectivity index (χ1) is 21.3. The van der Waals surface area contributed by atoms with Crippen molar-refractivity contribution in [1.82, 2.24) is 0 Å². The molecule has 1 unspecified atom stereocenters. The van der Waals surface area contributed by atoms with Crippen molar-refractivity contribution in [3.8, 4) is 0 Å². The molecule has 0 aliphatic heterocycles. The van der Waals surface area contributed by atoms with Crippen LogP contribution in [0.3, 0.4) is 0 Å². The molecule has 1 atom stereocenters. The molecule has 0 spiro atoms. The highest BCUT2D eigenvalue weighted by atomic mass is 14.1. The van der Waals surface area contributed by atoms with Crippen molar-refractivity contribution in [1.29, 1.82) is 0 Å². The van der Waals surface area contributed by atoms with Crippen LogP contribution in [0.25, 0.3) is 0 Å². The van der Waals surface area contributed by atoms with E-state index < -0.39 is 0 Å². The number of hydrogen-bond donors (Lipinski definition) is 0. The largest absolute Gasteiger partial charge is 0.0654 e. The van der Waals surface area contributed by atoms with Crippen molar-refractivity contribution < 1.29 is 0 Å². The molecule has 0 fully saturated rings. The Bertz CT molecular complexity index is 453. The summed E-state index contributed by atoms with van der Waals surface area (Å²) in [6, 6.07) is 0. The molecule has 0 N–H and O–H groups in total. The second kappa shape index (κ2) is 40.0. The van der Waals surface area contributed by atoms with Crippen LogP contribution in [-0.2, 0) is 0 Å². The first-order valence-electron chi connectivity index (χ1n) is 21.3. The van der Waals surface area contributed by atoms with Gasteiger partial charge in [-0.25, -0.2) is 0 Å². The Morgan fingerprint density at radius 2 is 0.326 bits per heavy atom. The Kier molecular flexibility index (Phi) is 40.0. The minimum atomic E-state index is 1.04. The molecule has 0 aromatic rings. The summed E-state index contributed by atoms with van der Waals surface area (Å²) < 4.78 is 0. The third-order valence-corrected chi connectivity index (χ3v) is 10.4. The van der Waals surface area contributed by atoms with Gasteiger partial charge >= 0.3 is 0 Å². The van der Waals surface area contributed by atoms with Crippen molar-refractivity contribution in [2.24, 2.45) is 5.92 Å². The van der Waals surface area contributed by atoms with E-state index in [0.717, 1.165) is 5.92 Å². The molecule has 0 aromatic heterocycles. The van der Waals surface area contributed by atoms with Gasteiger partial charge in [0.25, 0.3) is 0 Å². The Hall–Kier alpha value is 0. The summed E-state index contributed by atoms with van der Waals surface area (Å²) in [6.07, 6.45) is 57.8. The van der Waals surface area contributed by atoms with Gasteiger partial charge in [0, 0.05) is 0 Å². The van der Waals surface area contributed by atoms with Gasteiger partial charge in [0.15, 0.2) is 0 Å². The van der Waals surface area contributed by atoms with E-state index in [-0.39, 0.29) is 0 Å². The average Bonchev–Trinajstić information content (AvgIpc) is 3.02. The highest BCUT2D eigenvalue weighted by molar-refractivity contribution is 4.62. The van der Waals surface area contributed by atoms with Crippen LogP contribution in [0.15, 0.2) is 0 Å². The fraction of sp³-hybridized carbons (Fsp3) is 1.00. The van der Waals surface area contributed by atoms with Crippen molar-refractivity contribution in [2.45, 2.75) is 271 Å². The van der Waals surface area contributed by atoms with Crippen molar-refractivity contribution >= 4 is 0 Å². The second-order valence-corrected chi connectivity index (χ2v) is 14.9. The van der Waals surface area contributed by atoms with Crippen LogP contribution < -0.4 is 0 Å². The van der Waals surface area contributed by atoms with Gasteiger partial charge in [0.1, 0.15) is 0 Å². The second-order valence-electron chi connectivity index (χ2n) is 14.9.